The number of halogens is 1. The predicted octanol–water partition coefficient (Wildman–Crippen LogP) is 5.18. The zero-order valence-corrected chi connectivity index (χ0v) is 16.8. The van der Waals surface area contributed by atoms with E-state index in [0.29, 0.717) is 11.8 Å². The number of alkyl halides is 1. The zero-order valence-electron chi connectivity index (χ0n) is 14.4. The fraction of sp³-hybridized carbons (Fsp3) is 0.182. The molecule has 0 saturated heterocycles. The lowest BCUT2D eigenvalue weighted by atomic mass is 9.84. The summed E-state index contributed by atoms with van der Waals surface area (Å²) >= 11 is 3.37. The lowest BCUT2D eigenvalue weighted by Gasteiger charge is -2.35. The maximum atomic E-state index is 13.8. The summed E-state index contributed by atoms with van der Waals surface area (Å²) in [6, 6.07) is 28.6. The van der Waals surface area contributed by atoms with Gasteiger partial charge in [0.2, 0.25) is 0 Å². The summed E-state index contributed by atoms with van der Waals surface area (Å²) < 4.78 is 26.4. The minimum Gasteiger partial charge on any atom is -0.227 e. The minimum absolute atomic E-state index is 0.108. The van der Waals surface area contributed by atoms with E-state index >= 15 is 0 Å². The Hall–Kier alpha value is -1.91. The highest BCUT2D eigenvalue weighted by Gasteiger charge is 2.47. The first-order valence-electron chi connectivity index (χ1n) is 8.58. The van der Waals surface area contributed by atoms with Crippen LogP contribution in [0.25, 0.3) is 0 Å². The Bertz CT molecular complexity index is 827. The molecule has 0 amide bonds. The monoisotopic (exact) mass is 428 g/mol. The highest BCUT2D eigenvalue weighted by Crippen LogP contribution is 2.44. The summed E-state index contributed by atoms with van der Waals surface area (Å²) in [7, 11) is -3.54. The van der Waals surface area contributed by atoms with Crippen molar-refractivity contribution in [2.45, 2.75) is 11.2 Å². The molecule has 0 N–H and O–H groups in total. The van der Waals surface area contributed by atoms with Crippen LogP contribution in [-0.4, -0.2) is 19.5 Å². The highest BCUT2D eigenvalue weighted by atomic mass is 79.9. The Balaban J connectivity index is 2.40. The highest BCUT2D eigenvalue weighted by molar-refractivity contribution is 9.09. The van der Waals surface area contributed by atoms with Crippen molar-refractivity contribution < 1.29 is 8.42 Å². The molecule has 26 heavy (non-hydrogen) atoms. The van der Waals surface area contributed by atoms with Gasteiger partial charge in [0.05, 0.1) is 5.75 Å². The molecule has 0 aliphatic rings. The average molecular weight is 429 g/mol. The number of hydrogen-bond acceptors (Lipinski definition) is 2. The third kappa shape index (κ3) is 3.36. The van der Waals surface area contributed by atoms with Crippen molar-refractivity contribution in [2.24, 2.45) is 0 Å². The van der Waals surface area contributed by atoms with Gasteiger partial charge in [0.1, 0.15) is 4.75 Å². The summed E-state index contributed by atoms with van der Waals surface area (Å²) in [6.45, 7) is 0. The second-order valence-electron chi connectivity index (χ2n) is 6.14. The lowest BCUT2D eigenvalue weighted by Crippen LogP contribution is -2.40. The van der Waals surface area contributed by atoms with E-state index in [4.69, 9.17) is 0 Å². The van der Waals surface area contributed by atoms with E-state index in [1.54, 1.807) is 0 Å². The number of benzene rings is 3. The van der Waals surface area contributed by atoms with E-state index in [0.717, 1.165) is 16.7 Å². The van der Waals surface area contributed by atoms with E-state index < -0.39 is 14.6 Å². The molecule has 0 bridgehead atoms. The Morgan fingerprint density at radius 3 is 1.31 bits per heavy atom. The molecule has 134 valence electrons. The Labute approximate surface area is 163 Å². The second-order valence-corrected chi connectivity index (χ2v) is 9.18. The van der Waals surface area contributed by atoms with Crippen molar-refractivity contribution >= 4 is 25.8 Å². The molecule has 3 rings (SSSR count). The standard InChI is InChI=1S/C22H21BrO2S/c23-17-10-18-26(24,25)22(19-11-4-1-5-12-19,20-13-6-2-7-14-20)21-15-8-3-9-16-21/h1-9,11-16H,10,17-18H2. The third-order valence-electron chi connectivity index (χ3n) is 4.55. The van der Waals surface area contributed by atoms with Gasteiger partial charge >= 0.3 is 0 Å². The molecule has 0 fully saturated rings. The van der Waals surface area contributed by atoms with Crippen molar-refractivity contribution in [1.29, 1.82) is 0 Å². The van der Waals surface area contributed by atoms with Crippen LogP contribution in [0.4, 0.5) is 0 Å². The van der Waals surface area contributed by atoms with Crippen molar-refractivity contribution in [2.75, 3.05) is 11.1 Å². The van der Waals surface area contributed by atoms with Crippen molar-refractivity contribution in [3.8, 4) is 0 Å². The first-order valence-corrected chi connectivity index (χ1v) is 11.3. The van der Waals surface area contributed by atoms with Gasteiger partial charge in [0.15, 0.2) is 9.84 Å². The smallest absolute Gasteiger partial charge is 0.168 e. The van der Waals surface area contributed by atoms with Crippen molar-refractivity contribution in [3.63, 3.8) is 0 Å². The van der Waals surface area contributed by atoms with Crippen molar-refractivity contribution in [1.82, 2.24) is 0 Å². The normalized spacial score (nSPS) is 12.0. The van der Waals surface area contributed by atoms with Gasteiger partial charge in [-0.1, -0.05) is 107 Å². The van der Waals surface area contributed by atoms with E-state index in [2.05, 4.69) is 15.9 Å². The van der Waals surface area contributed by atoms with Gasteiger partial charge in [-0.15, -0.1) is 0 Å². The SMILES string of the molecule is O=S(=O)(CCCBr)C(c1ccccc1)(c1ccccc1)c1ccccc1. The maximum absolute atomic E-state index is 13.8. The molecule has 3 aromatic rings. The molecule has 0 atom stereocenters. The van der Waals surface area contributed by atoms with Crippen LogP contribution in [0.2, 0.25) is 0 Å². The molecule has 2 nitrogen and oxygen atoms in total. The molecule has 0 spiro atoms. The summed E-state index contributed by atoms with van der Waals surface area (Å²) in [5.74, 6) is 0.108. The van der Waals surface area contributed by atoms with E-state index in [9.17, 15) is 8.42 Å². The molecular formula is C22H21BrO2S. The largest absolute Gasteiger partial charge is 0.227 e. The van der Waals surface area contributed by atoms with Gasteiger partial charge in [0, 0.05) is 5.33 Å². The number of hydrogen-bond donors (Lipinski definition) is 0. The molecule has 0 radical (unpaired) electrons. The Kier molecular flexibility index (Phi) is 5.94. The lowest BCUT2D eigenvalue weighted by molar-refractivity contribution is 0.571. The van der Waals surface area contributed by atoms with Gasteiger partial charge in [-0.3, -0.25) is 0 Å². The summed E-state index contributed by atoms with van der Waals surface area (Å²) in [6.07, 6.45) is 0.566. The summed E-state index contributed by atoms with van der Waals surface area (Å²) in [5.41, 5.74) is 2.31. The zero-order chi connectivity index (χ0) is 18.5. The van der Waals surface area contributed by atoms with E-state index in [1.807, 2.05) is 91.0 Å². The molecular weight excluding hydrogens is 408 g/mol. The number of sulfone groups is 1. The van der Waals surface area contributed by atoms with Gasteiger partial charge in [-0.25, -0.2) is 8.42 Å². The molecule has 0 saturated carbocycles. The van der Waals surface area contributed by atoms with Crippen LogP contribution in [0.5, 0.6) is 0 Å². The average Bonchev–Trinajstić information content (AvgIpc) is 2.69. The fourth-order valence-corrected chi connectivity index (χ4v) is 6.42. The first kappa shape index (κ1) is 18.9. The molecule has 0 heterocycles. The van der Waals surface area contributed by atoms with Crippen LogP contribution in [0.15, 0.2) is 91.0 Å². The van der Waals surface area contributed by atoms with E-state index in [-0.39, 0.29) is 5.75 Å². The third-order valence-corrected chi connectivity index (χ3v) is 7.58. The first-order chi connectivity index (χ1) is 12.6. The maximum Gasteiger partial charge on any atom is 0.168 e. The molecule has 0 unspecified atom stereocenters. The Morgan fingerprint density at radius 2 is 1.00 bits per heavy atom. The van der Waals surface area contributed by atoms with Crippen LogP contribution in [0.3, 0.4) is 0 Å². The van der Waals surface area contributed by atoms with Crippen LogP contribution in [0, 0.1) is 0 Å². The second kappa shape index (κ2) is 8.19. The summed E-state index contributed by atoms with van der Waals surface area (Å²) in [4.78, 5) is 0. The van der Waals surface area contributed by atoms with Crippen LogP contribution in [0.1, 0.15) is 23.1 Å². The molecule has 3 aromatic carbocycles. The number of rotatable bonds is 7. The van der Waals surface area contributed by atoms with Crippen LogP contribution in [-0.2, 0) is 14.6 Å². The molecule has 0 aromatic heterocycles. The van der Waals surface area contributed by atoms with Crippen LogP contribution >= 0.6 is 15.9 Å². The fourth-order valence-electron chi connectivity index (χ4n) is 3.45. The molecule has 0 aliphatic heterocycles. The minimum atomic E-state index is -3.54. The van der Waals surface area contributed by atoms with E-state index in [1.165, 1.54) is 0 Å². The topological polar surface area (TPSA) is 34.1 Å². The Morgan fingerprint density at radius 1 is 0.654 bits per heavy atom. The quantitative estimate of drug-likeness (QED) is 0.383. The molecule has 4 heteroatoms. The predicted molar refractivity (Wildman–Crippen MR) is 111 cm³/mol. The van der Waals surface area contributed by atoms with Crippen molar-refractivity contribution in [3.05, 3.63) is 108 Å². The summed E-state index contributed by atoms with van der Waals surface area (Å²) in [5, 5.41) is 0.653. The van der Waals surface area contributed by atoms with Crippen LogP contribution < -0.4 is 0 Å². The molecule has 0 aliphatic carbocycles. The van der Waals surface area contributed by atoms with Gasteiger partial charge in [-0.05, 0) is 23.1 Å². The van der Waals surface area contributed by atoms with Gasteiger partial charge in [-0.2, -0.15) is 0 Å². The van der Waals surface area contributed by atoms with Gasteiger partial charge in [0.25, 0.3) is 0 Å². The van der Waals surface area contributed by atoms with Gasteiger partial charge < -0.3 is 0 Å².